The Balaban J connectivity index is 2.05. The van der Waals surface area contributed by atoms with Gasteiger partial charge in [0.1, 0.15) is 0 Å². The molecule has 0 saturated heterocycles. The van der Waals surface area contributed by atoms with E-state index in [0.29, 0.717) is 12.2 Å². The van der Waals surface area contributed by atoms with Crippen LogP contribution in [0.25, 0.3) is 0 Å². The molecule has 1 fully saturated rings. The van der Waals surface area contributed by atoms with Gasteiger partial charge in [0.25, 0.3) is 0 Å². The number of hydrogen-bond acceptors (Lipinski definition) is 3. The largest absolute Gasteiger partial charge is 0.462 e. The first kappa shape index (κ1) is 14.6. The van der Waals surface area contributed by atoms with Crippen LogP contribution in [0.2, 0.25) is 0 Å². The molecular weight excluding hydrogens is 254 g/mol. The smallest absolute Gasteiger partial charge is 0.338 e. The number of amides is 1. The Morgan fingerprint density at radius 1 is 1.30 bits per heavy atom. The standard InChI is InChI=1S/C16H21NO3/c1-3-20-16(19)13-8-9-14(11(2)10-13)17-15(18)12-6-4-5-7-12/h8-10,12H,3-7H2,1-2H3,(H,17,18). The van der Waals surface area contributed by atoms with Gasteiger partial charge in [-0.05, 0) is 50.5 Å². The molecule has 1 N–H and O–H groups in total. The maximum absolute atomic E-state index is 12.1. The van der Waals surface area contributed by atoms with Gasteiger partial charge in [0, 0.05) is 11.6 Å². The zero-order valence-electron chi connectivity index (χ0n) is 12.1. The molecule has 0 atom stereocenters. The Bertz CT molecular complexity index is 504. The van der Waals surface area contributed by atoms with Gasteiger partial charge in [0.15, 0.2) is 0 Å². The second-order valence-corrected chi connectivity index (χ2v) is 5.22. The third kappa shape index (κ3) is 3.38. The molecule has 0 heterocycles. The van der Waals surface area contributed by atoms with E-state index in [1.807, 2.05) is 6.92 Å². The molecule has 4 heteroatoms. The van der Waals surface area contributed by atoms with E-state index in [0.717, 1.165) is 36.9 Å². The molecule has 20 heavy (non-hydrogen) atoms. The van der Waals surface area contributed by atoms with Crippen molar-refractivity contribution >= 4 is 17.6 Å². The highest BCUT2D eigenvalue weighted by Crippen LogP contribution is 2.27. The highest BCUT2D eigenvalue weighted by Gasteiger charge is 2.23. The monoisotopic (exact) mass is 275 g/mol. The zero-order chi connectivity index (χ0) is 14.5. The normalized spacial score (nSPS) is 15.1. The number of anilines is 1. The number of hydrogen-bond donors (Lipinski definition) is 1. The van der Waals surface area contributed by atoms with E-state index in [9.17, 15) is 9.59 Å². The second kappa shape index (κ2) is 6.55. The molecule has 0 bridgehead atoms. The van der Waals surface area contributed by atoms with Gasteiger partial charge >= 0.3 is 5.97 Å². The lowest BCUT2D eigenvalue weighted by Gasteiger charge is -2.13. The van der Waals surface area contributed by atoms with Crippen molar-refractivity contribution in [3.8, 4) is 0 Å². The fourth-order valence-electron chi connectivity index (χ4n) is 2.57. The number of aryl methyl sites for hydroxylation is 1. The molecule has 1 saturated carbocycles. The van der Waals surface area contributed by atoms with E-state index in [1.54, 1.807) is 25.1 Å². The van der Waals surface area contributed by atoms with Crippen LogP contribution in [0.3, 0.4) is 0 Å². The summed E-state index contributed by atoms with van der Waals surface area (Å²) in [5, 5.41) is 2.96. The Morgan fingerprint density at radius 3 is 2.60 bits per heavy atom. The number of rotatable bonds is 4. The van der Waals surface area contributed by atoms with Crippen molar-refractivity contribution in [2.75, 3.05) is 11.9 Å². The second-order valence-electron chi connectivity index (χ2n) is 5.22. The van der Waals surface area contributed by atoms with Gasteiger partial charge in [0.05, 0.1) is 12.2 Å². The van der Waals surface area contributed by atoms with Gasteiger partial charge in [-0.25, -0.2) is 4.79 Å². The number of benzene rings is 1. The zero-order valence-corrected chi connectivity index (χ0v) is 12.1. The summed E-state index contributed by atoms with van der Waals surface area (Å²) < 4.78 is 4.96. The lowest BCUT2D eigenvalue weighted by Crippen LogP contribution is -2.20. The van der Waals surface area contributed by atoms with Crippen molar-refractivity contribution in [2.45, 2.75) is 39.5 Å². The average molecular weight is 275 g/mol. The molecule has 0 radical (unpaired) electrons. The minimum absolute atomic E-state index is 0.0921. The maximum Gasteiger partial charge on any atom is 0.338 e. The van der Waals surface area contributed by atoms with Crippen LogP contribution in [0.15, 0.2) is 18.2 Å². The van der Waals surface area contributed by atoms with E-state index < -0.39 is 0 Å². The fraction of sp³-hybridized carbons (Fsp3) is 0.500. The van der Waals surface area contributed by atoms with Crippen molar-refractivity contribution < 1.29 is 14.3 Å². The summed E-state index contributed by atoms with van der Waals surface area (Å²) in [6.45, 7) is 4.02. The van der Waals surface area contributed by atoms with E-state index in [1.165, 1.54) is 0 Å². The van der Waals surface area contributed by atoms with Crippen molar-refractivity contribution in [3.05, 3.63) is 29.3 Å². The molecule has 0 aliphatic heterocycles. The predicted molar refractivity (Wildman–Crippen MR) is 77.7 cm³/mol. The Kier molecular flexibility index (Phi) is 4.77. The van der Waals surface area contributed by atoms with E-state index in [2.05, 4.69) is 5.32 Å². The molecule has 0 unspecified atom stereocenters. The number of ether oxygens (including phenoxy) is 1. The van der Waals surface area contributed by atoms with Crippen molar-refractivity contribution in [1.29, 1.82) is 0 Å². The summed E-state index contributed by atoms with van der Waals surface area (Å²) in [4.78, 5) is 23.7. The van der Waals surface area contributed by atoms with Crippen LogP contribution in [0, 0.1) is 12.8 Å². The van der Waals surface area contributed by atoms with Crippen LogP contribution in [-0.4, -0.2) is 18.5 Å². The molecule has 2 rings (SSSR count). The van der Waals surface area contributed by atoms with Crippen LogP contribution >= 0.6 is 0 Å². The summed E-state index contributed by atoms with van der Waals surface area (Å²) in [7, 11) is 0. The highest BCUT2D eigenvalue weighted by molar-refractivity contribution is 5.95. The van der Waals surface area contributed by atoms with Crippen molar-refractivity contribution in [3.63, 3.8) is 0 Å². The average Bonchev–Trinajstić information content (AvgIpc) is 2.95. The summed E-state index contributed by atoms with van der Waals surface area (Å²) in [5.74, 6) is -0.0992. The Hall–Kier alpha value is -1.84. The minimum Gasteiger partial charge on any atom is -0.462 e. The Labute approximate surface area is 119 Å². The number of carbonyl (C=O) groups is 2. The first-order chi connectivity index (χ1) is 9.61. The maximum atomic E-state index is 12.1. The molecule has 1 aromatic rings. The lowest BCUT2D eigenvalue weighted by molar-refractivity contribution is -0.119. The van der Waals surface area contributed by atoms with Gasteiger partial charge in [-0.1, -0.05) is 12.8 Å². The SMILES string of the molecule is CCOC(=O)c1ccc(NC(=O)C2CCCC2)c(C)c1. The third-order valence-electron chi connectivity index (χ3n) is 3.72. The number of nitrogens with one attached hydrogen (secondary N) is 1. The molecule has 1 amide bonds. The molecule has 0 aromatic heterocycles. The summed E-state index contributed by atoms with van der Waals surface area (Å²) >= 11 is 0. The Morgan fingerprint density at radius 2 is 2.00 bits per heavy atom. The van der Waals surface area contributed by atoms with E-state index >= 15 is 0 Å². The molecule has 1 aliphatic rings. The lowest BCUT2D eigenvalue weighted by atomic mass is 10.1. The molecule has 108 valence electrons. The summed E-state index contributed by atoms with van der Waals surface area (Å²) in [6, 6.07) is 5.21. The van der Waals surface area contributed by atoms with Crippen molar-refractivity contribution in [1.82, 2.24) is 0 Å². The first-order valence-corrected chi connectivity index (χ1v) is 7.20. The van der Waals surface area contributed by atoms with Crippen LogP contribution in [-0.2, 0) is 9.53 Å². The first-order valence-electron chi connectivity index (χ1n) is 7.20. The third-order valence-corrected chi connectivity index (χ3v) is 3.72. The van der Waals surface area contributed by atoms with Gasteiger partial charge in [-0.15, -0.1) is 0 Å². The minimum atomic E-state index is -0.329. The van der Waals surface area contributed by atoms with Gasteiger partial charge in [-0.2, -0.15) is 0 Å². The molecule has 1 aliphatic carbocycles. The summed E-state index contributed by atoms with van der Waals surface area (Å²) in [6.07, 6.45) is 4.23. The highest BCUT2D eigenvalue weighted by atomic mass is 16.5. The number of carbonyl (C=O) groups excluding carboxylic acids is 2. The quantitative estimate of drug-likeness (QED) is 0.858. The van der Waals surface area contributed by atoms with E-state index in [-0.39, 0.29) is 17.8 Å². The van der Waals surface area contributed by atoms with Gasteiger partial charge < -0.3 is 10.1 Å². The van der Waals surface area contributed by atoms with Crippen LogP contribution in [0.5, 0.6) is 0 Å². The molecule has 1 aromatic carbocycles. The fourth-order valence-corrected chi connectivity index (χ4v) is 2.57. The van der Waals surface area contributed by atoms with Crippen LogP contribution in [0.1, 0.15) is 48.5 Å². The van der Waals surface area contributed by atoms with Gasteiger partial charge in [0.2, 0.25) is 5.91 Å². The predicted octanol–water partition coefficient (Wildman–Crippen LogP) is 3.30. The van der Waals surface area contributed by atoms with Crippen LogP contribution in [0.4, 0.5) is 5.69 Å². The van der Waals surface area contributed by atoms with Crippen molar-refractivity contribution in [2.24, 2.45) is 5.92 Å². The topological polar surface area (TPSA) is 55.4 Å². The van der Waals surface area contributed by atoms with Crippen LogP contribution < -0.4 is 5.32 Å². The van der Waals surface area contributed by atoms with E-state index in [4.69, 9.17) is 4.74 Å². The molecule has 0 spiro atoms. The van der Waals surface area contributed by atoms with Gasteiger partial charge in [-0.3, -0.25) is 4.79 Å². The number of esters is 1. The summed E-state index contributed by atoms with van der Waals surface area (Å²) in [5.41, 5.74) is 2.17. The molecular formula is C16H21NO3. The molecule has 4 nitrogen and oxygen atoms in total.